The van der Waals surface area contributed by atoms with Crippen molar-refractivity contribution in [2.45, 2.75) is 39.7 Å². The molecule has 0 aromatic heterocycles. The van der Waals surface area contributed by atoms with Gasteiger partial charge in [-0.05, 0) is 24.8 Å². The SMILES string of the molecule is CC(C)(C)CC1CCN1.Cl. The van der Waals surface area contributed by atoms with Crippen LogP contribution in [0.15, 0.2) is 0 Å². The van der Waals surface area contributed by atoms with E-state index in [2.05, 4.69) is 26.1 Å². The minimum atomic E-state index is 0. The molecule has 1 fully saturated rings. The van der Waals surface area contributed by atoms with Gasteiger partial charge in [-0.3, -0.25) is 0 Å². The Balaban J connectivity index is 0.000000810. The van der Waals surface area contributed by atoms with Crippen LogP contribution in [0.1, 0.15) is 33.6 Å². The van der Waals surface area contributed by atoms with Crippen molar-refractivity contribution in [3.8, 4) is 0 Å². The van der Waals surface area contributed by atoms with Gasteiger partial charge in [0.25, 0.3) is 0 Å². The van der Waals surface area contributed by atoms with E-state index in [1.54, 1.807) is 0 Å². The van der Waals surface area contributed by atoms with E-state index < -0.39 is 0 Å². The standard InChI is InChI=1S/C8H17N.ClH/c1-8(2,3)6-7-4-5-9-7;/h7,9H,4-6H2,1-3H3;1H. The third-order valence-electron chi connectivity index (χ3n) is 1.78. The average molecular weight is 164 g/mol. The van der Waals surface area contributed by atoms with Crippen molar-refractivity contribution in [1.82, 2.24) is 5.32 Å². The molecule has 1 unspecified atom stereocenters. The largest absolute Gasteiger partial charge is 0.314 e. The van der Waals surface area contributed by atoms with Gasteiger partial charge in [0.05, 0.1) is 0 Å². The molecule has 1 nitrogen and oxygen atoms in total. The molecule has 62 valence electrons. The van der Waals surface area contributed by atoms with Crippen molar-refractivity contribution in [2.75, 3.05) is 6.54 Å². The van der Waals surface area contributed by atoms with Crippen LogP contribution in [-0.4, -0.2) is 12.6 Å². The van der Waals surface area contributed by atoms with E-state index >= 15 is 0 Å². The van der Waals surface area contributed by atoms with Gasteiger partial charge in [-0.25, -0.2) is 0 Å². The van der Waals surface area contributed by atoms with Crippen molar-refractivity contribution in [3.05, 3.63) is 0 Å². The van der Waals surface area contributed by atoms with Gasteiger partial charge in [0.1, 0.15) is 0 Å². The van der Waals surface area contributed by atoms with Crippen molar-refractivity contribution in [2.24, 2.45) is 5.41 Å². The molecule has 0 spiro atoms. The van der Waals surface area contributed by atoms with E-state index in [0.717, 1.165) is 6.04 Å². The van der Waals surface area contributed by atoms with E-state index in [1.807, 2.05) is 0 Å². The molecule has 1 saturated heterocycles. The average Bonchev–Trinajstić information content (AvgIpc) is 1.53. The molecule has 0 aromatic rings. The van der Waals surface area contributed by atoms with E-state index in [4.69, 9.17) is 0 Å². The quantitative estimate of drug-likeness (QED) is 0.625. The van der Waals surface area contributed by atoms with Gasteiger partial charge in [0, 0.05) is 6.04 Å². The highest BCUT2D eigenvalue weighted by Gasteiger charge is 2.22. The maximum atomic E-state index is 3.40. The second kappa shape index (κ2) is 3.59. The lowest BCUT2D eigenvalue weighted by atomic mass is 9.85. The molecular weight excluding hydrogens is 146 g/mol. The fourth-order valence-corrected chi connectivity index (χ4v) is 1.26. The Labute approximate surface area is 70.0 Å². The van der Waals surface area contributed by atoms with Crippen LogP contribution in [0.4, 0.5) is 0 Å². The summed E-state index contributed by atoms with van der Waals surface area (Å²) in [5.74, 6) is 0. The zero-order valence-corrected chi connectivity index (χ0v) is 7.92. The lowest BCUT2D eigenvalue weighted by Gasteiger charge is -2.33. The van der Waals surface area contributed by atoms with Crippen LogP contribution in [0, 0.1) is 5.41 Å². The third kappa shape index (κ3) is 3.43. The molecule has 0 aromatic carbocycles. The van der Waals surface area contributed by atoms with Crippen LogP contribution in [0.25, 0.3) is 0 Å². The molecule has 10 heavy (non-hydrogen) atoms. The summed E-state index contributed by atoms with van der Waals surface area (Å²) in [5, 5.41) is 3.40. The van der Waals surface area contributed by atoms with Gasteiger partial charge < -0.3 is 5.32 Å². The molecule has 0 aliphatic carbocycles. The Hall–Kier alpha value is 0.250. The fraction of sp³-hybridized carbons (Fsp3) is 1.00. The van der Waals surface area contributed by atoms with Crippen LogP contribution < -0.4 is 5.32 Å². The summed E-state index contributed by atoms with van der Waals surface area (Å²) in [6.07, 6.45) is 2.71. The summed E-state index contributed by atoms with van der Waals surface area (Å²) in [6, 6.07) is 0.824. The van der Waals surface area contributed by atoms with E-state index in [-0.39, 0.29) is 12.4 Å². The molecule has 1 N–H and O–H groups in total. The summed E-state index contributed by atoms with van der Waals surface area (Å²) in [4.78, 5) is 0. The smallest absolute Gasteiger partial charge is 0.00841 e. The first kappa shape index (κ1) is 10.2. The number of hydrogen-bond acceptors (Lipinski definition) is 1. The van der Waals surface area contributed by atoms with Crippen LogP contribution in [0.2, 0.25) is 0 Å². The summed E-state index contributed by atoms with van der Waals surface area (Å²) in [7, 11) is 0. The Morgan fingerprint density at radius 1 is 1.40 bits per heavy atom. The highest BCUT2D eigenvalue weighted by molar-refractivity contribution is 5.85. The summed E-state index contributed by atoms with van der Waals surface area (Å²) < 4.78 is 0. The molecule has 1 heterocycles. The lowest BCUT2D eigenvalue weighted by molar-refractivity contribution is 0.249. The zero-order chi connectivity index (χ0) is 6.91. The van der Waals surface area contributed by atoms with Crippen molar-refractivity contribution < 1.29 is 0 Å². The maximum absolute atomic E-state index is 3.40. The topological polar surface area (TPSA) is 12.0 Å². The minimum Gasteiger partial charge on any atom is -0.314 e. The summed E-state index contributed by atoms with van der Waals surface area (Å²) in [6.45, 7) is 8.13. The molecular formula is C8H18ClN. The normalized spacial score (nSPS) is 24.9. The van der Waals surface area contributed by atoms with Crippen molar-refractivity contribution >= 4 is 12.4 Å². The molecule has 0 radical (unpaired) electrons. The summed E-state index contributed by atoms with van der Waals surface area (Å²) in [5.41, 5.74) is 0.512. The van der Waals surface area contributed by atoms with Crippen LogP contribution >= 0.6 is 12.4 Å². The first-order valence-electron chi connectivity index (χ1n) is 3.81. The first-order valence-corrected chi connectivity index (χ1v) is 3.81. The van der Waals surface area contributed by atoms with Gasteiger partial charge in [-0.2, -0.15) is 0 Å². The Kier molecular flexibility index (Phi) is 3.68. The summed E-state index contributed by atoms with van der Waals surface area (Å²) >= 11 is 0. The maximum Gasteiger partial charge on any atom is 0.00841 e. The Morgan fingerprint density at radius 3 is 2.00 bits per heavy atom. The van der Waals surface area contributed by atoms with Crippen molar-refractivity contribution in [3.63, 3.8) is 0 Å². The molecule has 1 aliphatic heterocycles. The highest BCUT2D eigenvalue weighted by atomic mass is 35.5. The number of rotatable bonds is 1. The van der Waals surface area contributed by atoms with Crippen LogP contribution in [-0.2, 0) is 0 Å². The van der Waals surface area contributed by atoms with Gasteiger partial charge in [0.2, 0.25) is 0 Å². The molecule has 1 rings (SSSR count). The van der Waals surface area contributed by atoms with Gasteiger partial charge in [-0.1, -0.05) is 20.8 Å². The van der Waals surface area contributed by atoms with Crippen LogP contribution in [0.3, 0.4) is 0 Å². The highest BCUT2D eigenvalue weighted by Crippen LogP contribution is 2.24. The lowest BCUT2D eigenvalue weighted by Crippen LogP contribution is -2.44. The molecule has 1 aliphatic rings. The fourth-order valence-electron chi connectivity index (χ4n) is 1.26. The van der Waals surface area contributed by atoms with E-state index in [0.29, 0.717) is 5.41 Å². The number of halogens is 1. The number of nitrogens with one attached hydrogen (secondary N) is 1. The monoisotopic (exact) mass is 163 g/mol. The molecule has 0 bridgehead atoms. The third-order valence-corrected chi connectivity index (χ3v) is 1.78. The first-order chi connectivity index (χ1) is 4.08. The predicted molar refractivity (Wildman–Crippen MR) is 47.7 cm³/mol. The van der Waals surface area contributed by atoms with Crippen LogP contribution in [0.5, 0.6) is 0 Å². The second-order valence-electron chi connectivity index (χ2n) is 4.20. The number of hydrogen-bond donors (Lipinski definition) is 1. The van der Waals surface area contributed by atoms with Crippen molar-refractivity contribution in [1.29, 1.82) is 0 Å². The Bertz CT molecular complexity index is 91.9. The predicted octanol–water partition coefficient (Wildman–Crippen LogP) is 2.21. The molecule has 1 atom stereocenters. The second-order valence-corrected chi connectivity index (χ2v) is 4.20. The molecule has 0 amide bonds. The van der Waals surface area contributed by atoms with Gasteiger partial charge in [-0.15, -0.1) is 12.4 Å². The van der Waals surface area contributed by atoms with Gasteiger partial charge >= 0.3 is 0 Å². The van der Waals surface area contributed by atoms with Gasteiger partial charge in [0.15, 0.2) is 0 Å². The van der Waals surface area contributed by atoms with E-state index in [9.17, 15) is 0 Å². The molecule has 0 saturated carbocycles. The Morgan fingerprint density at radius 2 is 1.90 bits per heavy atom. The minimum absolute atomic E-state index is 0. The zero-order valence-electron chi connectivity index (χ0n) is 7.11. The molecule has 2 heteroatoms. The van der Waals surface area contributed by atoms with E-state index in [1.165, 1.54) is 19.4 Å².